The minimum atomic E-state index is -4.60. The van der Waals surface area contributed by atoms with E-state index in [0.29, 0.717) is 27.1 Å². The van der Waals surface area contributed by atoms with Crippen LogP contribution in [0.3, 0.4) is 0 Å². The van der Waals surface area contributed by atoms with Crippen molar-refractivity contribution >= 4 is 31.9 Å². The Labute approximate surface area is 134 Å². The summed E-state index contributed by atoms with van der Waals surface area (Å²) in [6.45, 7) is 0. The predicted molar refractivity (Wildman–Crippen MR) is 77.3 cm³/mol. The zero-order valence-corrected chi connectivity index (χ0v) is 13.4. The largest absolute Gasteiger partial charge is 0.416 e. The molecule has 0 heterocycles. The minimum Gasteiger partial charge on any atom is -0.384 e. The molecule has 0 aliphatic rings. The summed E-state index contributed by atoms with van der Waals surface area (Å²) in [5.74, 6) is -0.901. The summed E-state index contributed by atoms with van der Waals surface area (Å²) in [6.07, 6.45) is -6.12. The number of aliphatic hydroxyl groups is 1. The molecular weight excluding hydrogens is 420 g/mol. The Hall–Kier alpha value is -0.920. The van der Waals surface area contributed by atoms with Crippen molar-refractivity contribution in [3.63, 3.8) is 0 Å². The highest BCUT2D eigenvalue weighted by Crippen LogP contribution is 2.36. The van der Waals surface area contributed by atoms with Gasteiger partial charge in [-0.15, -0.1) is 0 Å². The highest BCUT2D eigenvalue weighted by atomic mass is 79.9. The molecule has 2 aromatic carbocycles. The average molecular weight is 428 g/mol. The maximum absolute atomic E-state index is 13.8. The Morgan fingerprint density at radius 2 is 1.62 bits per heavy atom. The van der Waals surface area contributed by atoms with Gasteiger partial charge in [-0.1, -0.05) is 31.9 Å². The van der Waals surface area contributed by atoms with Gasteiger partial charge in [0.25, 0.3) is 0 Å². The third-order valence-electron chi connectivity index (χ3n) is 2.87. The number of aliphatic hydroxyl groups excluding tert-OH is 1. The predicted octanol–water partition coefficient (Wildman–Crippen LogP) is 5.45. The Bertz CT molecular complexity index is 671. The molecular formula is C14H8Br2F4O. The first-order chi connectivity index (χ1) is 9.70. The second kappa shape index (κ2) is 6.06. The molecule has 1 atom stereocenters. The molecule has 0 saturated heterocycles. The van der Waals surface area contributed by atoms with E-state index in [2.05, 4.69) is 31.9 Å². The van der Waals surface area contributed by atoms with Crippen molar-refractivity contribution in [2.45, 2.75) is 12.3 Å². The third-order valence-corrected chi connectivity index (χ3v) is 4.09. The Kier molecular flexibility index (Phi) is 4.75. The van der Waals surface area contributed by atoms with E-state index in [1.807, 2.05) is 0 Å². The fourth-order valence-corrected chi connectivity index (χ4v) is 2.66. The van der Waals surface area contributed by atoms with Crippen molar-refractivity contribution in [2.24, 2.45) is 0 Å². The van der Waals surface area contributed by atoms with Gasteiger partial charge in [0, 0.05) is 20.1 Å². The summed E-state index contributed by atoms with van der Waals surface area (Å²) >= 11 is 6.38. The lowest BCUT2D eigenvalue weighted by atomic mass is 9.99. The molecule has 0 aromatic heterocycles. The topological polar surface area (TPSA) is 20.2 Å². The van der Waals surface area contributed by atoms with Gasteiger partial charge in [-0.25, -0.2) is 4.39 Å². The van der Waals surface area contributed by atoms with E-state index in [1.54, 1.807) is 12.1 Å². The highest BCUT2D eigenvalue weighted by Gasteiger charge is 2.32. The van der Waals surface area contributed by atoms with Gasteiger partial charge in [-0.05, 0) is 36.4 Å². The summed E-state index contributed by atoms with van der Waals surface area (Å²) in [4.78, 5) is 0. The quantitative estimate of drug-likeness (QED) is 0.631. The summed E-state index contributed by atoms with van der Waals surface area (Å²) in [7, 11) is 0. The van der Waals surface area contributed by atoms with Crippen LogP contribution in [0.5, 0.6) is 0 Å². The first kappa shape index (κ1) is 16.5. The number of hydrogen-bond donors (Lipinski definition) is 1. The zero-order chi connectivity index (χ0) is 15.8. The summed E-state index contributed by atoms with van der Waals surface area (Å²) in [5, 5.41) is 10.2. The van der Waals surface area contributed by atoms with E-state index in [1.165, 1.54) is 6.07 Å². The van der Waals surface area contributed by atoms with Crippen LogP contribution in [0.4, 0.5) is 17.6 Å². The Balaban J connectivity index is 2.52. The van der Waals surface area contributed by atoms with Crippen molar-refractivity contribution in [1.29, 1.82) is 0 Å². The molecule has 2 rings (SSSR count). The van der Waals surface area contributed by atoms with Crippen LogP contribution in [0, 0.1) is 5.82 Å². The van der Waals surface area contributed by atoms with Gasteiger partial charge >= 0.3 is 6.18 Å². The average Bonchev–Trinajstić information content (AvgIpc) is 2.40. The fraction of sp³-hybridized carbons (Fsp3) is 0.143. The monoisotopic (exact) mass is 426 g/mol. The molecule has 2 aromatic rings. The Morgan fingerprint density at radius 1 is 0.952 bits per heavy atom. The second-order valence-electron chi connectivity index (χ2n) is 4.30. The van der Waals surface area contributed by atoms with Crippen molar-refractivity contribution in [3.05, 3.63) is 67.9 Å². The van der Waals surface area contributed by atoms with E-state index in [4.69, 9.17) is 0 Å². The van der Waals surface area contributed by atoms with Gasteiger partial charge < -0.3 is 5.11 Å². The molecule has 0 fully saturated rings. The lowest BCUT2D eigenvalue weighted by Crippen LogP contribution is -2.09. The van der Waals surface area contributed by atoms with Crippen molar-refractivity contribution in [3.8, 4) is 0 Å². The molecule has 21 heavy (non-hydrogen) atoms. The van der Waals surface area contributed by atoms with Crippen LogP contribution in [-0.4, -0.2) is 5.11 Å². The third kappa shape index (κ3) is 3.64. The van der Waals surface area contributed by atoms with Crippen molar-refractivity contribution < 1.29 is 22.7 Å². The molecule has 0 saturated carbocycles. The first-order valence-electron chi connectivity index (χ1n) is 5.70. The van der Waals surface area contributed by atoms with Gasteiger partial charge in [0.15, 0.2) is 0 Å². The second-order valence-corrected chi connectivity index (χ2v) is 6.07. The van der Waals surface area contributed by atoms with E-state index in [9.17, 15) is 22.7 Å². The number of rotatable bonds is 2. The molecule has 7 heteroatoms. The molecule has 1 unspecified atom stereocenters. The molecule has 1 N–H and O–H groups in total. The molecule has 0 bridgehead atoms. The van der Waals surface area contributed by atoms with Crippen LogP contribution in [0.15, 0.2) is 45.3 Å². The number of alkyl halides is 3. The molecule has 0 radical (unpaired) electrons. The Morgan fingerprint density at radius 3 is 2.24 bits per heavy atom. The fourth-order valence-electron chi connectivity index (χ4n) is 1.82. The van der Waals surface area contributed by atoms with E-state index >= 15 is 0 Å². The van der Waals surface area contributed by atoms with Gasteiger partial charge in [0.05, 0.1) is 5.56 Å². The minimum absolute atomic E-state index is 0.266. The summed E-state index contributed by atoms with van der Waals surface area (Å²) in [5.41, 5.74) is -1.17. The lowest BCUT2D eigenvalue weighted by molar-refractivity contribution is -0.137. The van der Waals surface area contributed by atoms with E-state index in [0.717, 1.165) is 0 Å². The van der Waals surface area contributed by atoms with Crippen LogP contribution >= 0.6 is 31.9 Å². The van der Waals surface area contributed by atoms with Crippen LogP contribution < -0.4 is 0 Å². The SMILES string of the molecule is OC(c1cc(C(F)(F)F)ccc1F)c1cc(Br)ccc1Br. The number of halogens is 6. The normalized spacial score (nSPS) is 13.3. The van der Waals surface area contributed by atoms with Gasteiger partial charge in [0.1, 0.15) is 11.9 Å². The van der Waals surface area contributed by atoms with Crippen molar-refractivity contribution in [2.75, 3.05) is 0 Å². The number of hydrogen-bond acceptors (Lipinski definition) is 1. The molecule has 1 nitrogen and oxygen atoms in total. The van der Waals surface area contributed by atoms with Gasteiger partial charge in [-0.3, -0.25) is 0 Å². The summed E-state index contributed by atoms with van der Waals surface area (Å²) in [6, 6.07) is 6.76. The van der Waals surface area contributed by atoms with Gasteiger partial charge in [-0.2, -0.15) is 13.2 Å². The van der Waals surface area contributed by atoms with Crippen molar-refractivity contribution in [1.82, 2.24) is 0 Å². The van der Waals surface area contributed by atoms with Crippen LogP contribution in [0.25, 0.3) is 0 Å². The van der Waals surface area contributed by atoms with Gasteiger partial charge in [0.2, 0.25) is 0 Å². The van der Waals surface area contributed by atoms with E-state index < -0.39 is 29.2 Å². The summed E-state index contributed by atoms with van der Waals surface area (Å²) < 4.78 is 52.9. The first-order valence-corrected chi connectivity index (χ1v) is 7.28. The maximum Gasteiger partial charge on any atom is 0.416 e. The lowest BCUT2D eigenvalue weighted by Gasteiger charge is -2.16. The molecule has 0 amide bonds. The maximum atomic E-state index is 13.8. The van der Waals surface area contributed by atoms with E-state index in [-0.39, 0.29) is 5.56 Å². The highest BCUT2D eigenvalue weighted by molar-refractivity contribution is 9.11. The standard InChI is InChI=1S/C14H8Br2F4O/c15-8-2-3-11(16)9(6-8)13(21)10-5-7(14(18,19)20)1-4-12(10)17/h1-6,13,21H. The van der Waals surface area contributed by atoms with Crippen LogP contribution in [0.2, 0.25) is 0 Å². The van der Waals surface area contributed by atoms with Crippen LogP contribution in [-0.2, 0) is 6.18 Å². The zero-order valence-electron chi connectivity index (χ0n) is 10.3. The van der Waals surface area contributed by atoms with Crippen LogP contribution in [0.1, 0.15) is 22.8 Å². The molecule has 0 aliphatic heterocycles. The molecule has 0 aliphatic carbocycles. The molecule has 0 spiro atoms. The molecule has 112 valence electrons. The smallest absolute Gasteiger partial charge is 0.384 e. The number of benzene rings is 2.